The molecular formula is C20H26N2OS. The summed E-state index contributed by atoms with van der Waals surface area (Å²) in [5.41, 5.74) is 3.27. The lowest BCUT2D eigenvalue weighted by molar-refractivity contribution is -0.133. The van der Waals surface area contributed by atoms with E-state index in [9.17, 15) is 4.79 Å². The Kier molecular flexibility index (Phi) is 5.67. The van der Waals surface area contributed by atoms with Gasteiger partial charge in [0.15, 0.2) is 0 Å². The molecule has 0 N–H and O–H groups in total. The van der Waals surface area contributed by atoms with Crippen LogP contribution in [-0.2, 0) is 11.2 Å². The molecule has 0 radical (unpaired) electrons. The highest BCUT2D eigenvalue weighted by Crippen LogP contribution is 2.26. The molecule has 1 aliphatic carbocycles. The first-order valence-electron chi connectivity index (χ1n) is 8.98. The predicted octanol–water partition coefficient (Wildman–Crippen LogP) is 4.84. The SMILES string of the molecule is CCN(C(=O)Cc1csc(-c2cccc(C)c2)n1)C1CCCCC1. The maximum Gasteiger partial charge on any atom is 0.228 e. The maximum absolute atomic E-state index is 12.7. The van der Waals surface area contributed by atoms with Gasteiger partial charge in [0.05, 0.1) is 12.1 Å². The molecule has 3 rings (SSSR count). The Balaban J connectivity index is 1.68. The summed E-state index contributed by atoms with van der Waals surface area (Å²) < 4.78 is 0. The highest BCUT2D eigenvalue weighted by Gasteiger charge is 2.24. The van der Waals surface area contributed by atoms with Crippen molar-refractivity contribution in [2.75, 3.05) is 6.54 Å². The summed E-state index contributed by atoms with van der Waals surface area (Å²) >= 11 is 1.63. The average molecular weight is 343 g/mol. The Labute approximate surface area is 148 Å². The van der Waals surface area contributed by atoms with Gasteiger partial charge in [0.1, 0.15) is 5.01 Å². The fourth-order valence-electron chi connectivity index (χ4n) is 3.59. The Bertz CT molecular complexity index is 688. The van der Waals surface area contributed by atoms with E-state index in [4.69, 9.17) is 4.98 Å². The maximum atomic E-state index is 12.7. The number of amides is 1. The van der Waals surface area contributed by atoms with Crippen molar-refractivity contribution in [3.63, 3.8) is 0 Å². The summed E-state index contributed by atoms with van der Waals surface area (Å²) in [7, 11) is 0. The minimum atomic E-state index is 0.227. The van der Waals surface area contributed by atoms with Crippen molar-refractivity contribution in [1.82, 2.24) is 9.88 Å². The van der Waals surface area contributed by atoms with E-state index in [1.54, 1.807) is 11.3 Å². The van der Waals surface area contributed by atoms with Gasteiger partial charge in [0.2, 0.25) is 5.91 Å². The Hall–Kier alpha value is -1.68. The van der Waals surface area contributed by atoms with Crippen molar-refractivity contribution >= 4 is 17.2 Å². The summed E-state index contributed by atoms with van der Waals surface area (Å²) in [5, 5.41) is 3.03. The molecule has 0 unspecified atom stereocenters. The molecule has 0 saturated heterocycles. The van der Waals surface area contributed by atoms with Gasteiger partial charge >= 0.3 is 0 Å². The van der Waals surface area contributed by atoms with Crippen LogP contribution in [0.25, 0.3) is 10.6 Å². The van der Waals surface area contributed by atoms with Crippen LogP contribution in [0.2, 0.25) is 0 Å². The van der Waals surface area contributed by atoms with Crippen molar-refractivity contribution in [3.8, 4) is 10.6 Å². The number of aryl methyl sites for hydroxylation is 1. The smallest absolute Gasteiger partial charge is 0.228 e. The van der Waals surface area contributed by atoms with Crippen LogP contribution in [0.4, 0.5) is 0 Å². The summed E-state index contributed by atoms with van der Waals surface area (Å²) in [6.45, 7) is 4.98. The summed E-state index contributed by atoms with van der Waals surface area (Å²) in [6.07, 6.45) is 6.56. The van der Waals surface area contributed by atoms with Gasteiger partial charge in [0.25, 0.3) is 0 Å². The molecule has 1 aliphatic rings. The molecule has 1 aromatic carbocycles. The Morgan fingerprint density at radius 1 is 1.29 bits per heavy atom. The van der Waals surface area contributed by atoms with Crippen LogP contribution >= 0.6 is 11.3 Å². The third-order valence-corrected chi connectivity index (χ3v) is 5.77. The van der Waals surface area contributed by atoms with Crippen molar-refractivity contribution in [2.24, 2.45) is 0 Å². The lowest BCUT2D eigenvalue weighted by Gasteiger charge is -2.33. The molecular weight excluding hydrogens is 316 g/mol. The molecule has 1 saturated carbocycles. The topological polar surface area (TPSA) is 33.2 Å². The number of benzene rings is 1. The highest BCUT2D eigenvalue weighted by molar-refractivity contribution is 7.13. The number of rotatable bonds is 5. The number of nitrogens with zero attached hydrogens (tertiary/aromatic N) is 2. The number of carbonyl (C=O) groups is 1. The zero-order chi connectivity index (χ0) is 16.9. The molecule has 3 nitrogen and oxygen atoms in total. The van der Waals surface area contributed by atoms with Gasteiger partial charge in [-0.1, -0.05) is 43.0 Å². The third-order valence-electron chi connectivity index (χ3n) is 4.83. The van der Waals surface area contributed by atoms with Crippen LogP contribution in [0.15, 0.2) is 29.6 Å². The predicted molar refractivity (Wildman–Crippen MR) is 100 cm³/mol. The summed E-state index contributed by atoms with van der Waals surface area (Å²) in [5.74, 6) is 0.227. The molecule has 0 bridgehead atoms. The van der Waals surface area contributed by atoms with Gasteiger partial charge in [-0.2, -0.15) is 0 Å². The first-order chi connectivity index (χ1) is 11.7. The second-order valence-electron chi connectivity index (χ2n) is 6.66. The molecule has 0 spiro atoms. The second-order valence-corrected chi connectivity index (χ2v) is 7.52. The fourth-order valence-corrected chi connectivity index (χ4v) is 4.40. The molecule has 1 aromatic heterocycles. The number of hydrogen-bond acceptors (Lipinski definition) is 3. The molecule has 2 aromatic rings. The number of likely N-dealkylation sites (N-methyl/N-ethyl adjacent to an activating group) is 1. The zero-order valence-corrected chi connectivity index (χ0v) is 15.4. The number of hydrogen-bond donors (Lipinski definition) is 0. The van der Waals surface area contributed by atoms with E-state index in [2.05, 4.69) is 43.0 Å². The molecule has 0 atom stereocenters. The van der Waals surface area contributed by atoms with Crippen LogP contribution in [0.5, 0.6) is 0 Å². The number of aromatic nitrogens is 1. The van der Waals surface area contributed by atoms with Crippen LogP contribution in [0.1, 0.15) is 50.3 Å². The molecule has 1 heterocycles. The van der Waals surface area contributed by atoms with Crippen LogP contribution in [-0.4, -0.2) is 28.4 Å². The summed E-state index contributed by atoms with van der Waals surface area (Å²) in [4.78, 5) is 19.5. The highest BCUT2D eigenvalue weighted by atomic mass is 32.1. The van der Waals surface area contributed by atoms with Crippen molar-refractivity contribution in [2.45, 2.75) is 58.4 Å². The summed E-state index contributed by atoms with van der Waals surface area (Å²) in [6, 6.07) is 8.80. The first-order valence-corrected chi connectivity index (χ1v) is 9.86. The van der Waals surface area contributed by atoms with E-state index >= 15 is 0 Å². The van der Waals surface area contributed by atoms with Gasteiger partial charge in [0, 0.05) is 23.5 Å². The first kappa shape index (κ1) is 17.2. The van der Waals surface area contributed by atoms with Crippen molar-refractivity contribution in [3.05, 3.63) is 40.9 Å². The van der Waals surface area contributed by atoms with E-state index in [0.29, 0.717) is 12.5 Å². The average Bonchev–Trinajstić information content (AvgIpc) is 3.05. The van der Waals surface area contributed by atoms with E-state index < -0.39 is 0 Å². The lowest BCUT2D eigenvalue weighted by Crippen LogP contribution is -2.42. The van der Waals surface area contributed by atoms with Crippen molar-refractivity contribution < 1.29 is 4.79 Å². The molecule has 4 heteroatoms. The van der Waals surface area contributed by atoms with E-state index in [1.165, 1.54) is 24.8 Å². The van der Waals surface area contributed by atoms with E-state index in [-0.39, 0.29) is 5.91 Å². The Morgan fingerprint density at radius 2 is 2.08 bits per heavy atom. The third kappa shape index (κ3) is 4.04. The van der Waals surface area contributed by atoms with Gasteiger partial charge in [-0.15, -0.1) is 11.3 Å². The normalized spacial score (nSPS) is 15.4. The molecule has 0 aliphatic heterocycles. The fraction of sp³-hybridized carbons (Fsp3) is 0.500. The lowest BCUT2D eigenvalue weighted by atomic mass is 9.94. The van der Waals surface area contributed by atoms with Crippen LogP contribution < -0.4 is 0 Å². The quantitative estimate of drug-likeness (QED) is 0.779. The minimum Gasteiger partial charge on any atom is -0.340 e. The standard InChI is InChI=1S/C20H26N2OS/c1-3-22(18-10-5-4-6-11-18)19(23)13-17-14-24-20(21-17)16-9-7-8-15(2)12-16/h7-9,12,14,18H,3-6,10-11,13H2,1-2H3. The van der Waals surface area contributed by atoms with E-state index in [1.807, 2.05) is 5.38 Å². The molecule has 1 amide bonds. The number of carbonyl (C=O) groups excluding carboxylic acids is 1. The monoisotopic (exact) mass is 342 g/mol. The van der Waals surface area contributed by atoms with E-state index in [0.717, 1.165) is 35.7 Å². The van der Waals surface area contributed by atoms with Crippen LogP contribution in [0, 0.1) is 6.92 Å². The van der Waals surface area contributed by atoms with Gasteiger partial charge in [-0.05, 0) is 32.8 Å². The molecule has 128 valence electrons. The molecule has 1 fully saturated rings. The van der Waals surface area contributed by atoms with Crippen LogP contribution in [0.3, 0.4) is 0 Å². The second kappa shape index (κ2) is 7.93. The molecule has 24 heavy (non-hydrogen) atoms. The Morgan fingerprint density at radius 3 is 2.79 bits per heavy atom. The number of thiazole rings is 1. The zero-order valence-electron chi connectivity index (χ0n) is 14.6. The van der Waals surface area contributed by atoms with Gasteiger partial charge in [-0.25, -0.2) is 4.98 Å². The largest absolute Gasteiger partial charge is 0.340 e. The minimum absolute atomic E-state index is 0.227. The van der Waals surface area contributed by atoms with Crippen molar-refractivity contribution in [1.29, 1.82) is 0 Å². The van der Waals surface area contributed by atoms with Gasteiger partial charge in [-0.3, -0.25) is 4.79 Å². The van der Waals surface area contributed by atoms with Gasteiger partial charge < -0.3 is 4.90 Å².